The molecule has 0 bridgehead atoms. The summed E-state index contributed by atoms with van der Waals surface area (Å²) in [5, 5.41) is 2.66. The van der Waals surface area contributed by atoms with Gasteiger partial charge in [-0.2, -0.15) is 13.2 Å². The predicted octanol–water partition coefficient (Wildman–Crippen LogP) is 4.95. The molecule has 0 radical (unpaired) electrons. The van der Waals surface area contributed by atoms with E-state index in [1.807, 2.05) is 35.0 Å². The van der Waals surface area contributed by atoms with Gasteiger partial charge < -0.3 is 19.2 Å². The maximum absolute atomic E-state index is 12.6. The first-order chi connectivity index (χ1) is 15.4. The second-order valence-corrected chi connectivity index (χ2v) is 6.87. The Morgan fingerprint density at radius 1 is 0.969 bits per heavy atom. The molecule has 0 aliphatic rings. The molecule has 32 heavy (non-hydrogen) atoms. The summed E-state index contributed by atoms with van der Waals surface area (Å²) in [6.07, 6.45) is -0.650. The molecule has 0 spiro atoms. The van der Waals surface area contributed by atoms with E-state index >= 15 is 0 Å². The average molecular weight is 441 g/mol. The highest BCUT2D eigenvalue weighted by Gasteiger charge is 2.30. The van der Waals surface area contributed by atoms with Crippen molar-refractivity contribution in [3.63, 3.8) is 0 Å². The number of nitrogens with one attached hydrogen (secondary N) is 1. The molecule has 0 aliphatic carbocycles. The summed E-state index contributed by atoms with van der Waals surface area (Å²) in [7, 11) is 0. The molecule has 1 N–H and O–H groups in total. The van der Waals surface area contributed by atoms with Crippen LogP contribution in [0.2, 0.25) is 0 Å². The number of halogens is 3. The number of aromatic nitrogens is 2. The van der Waals surface area contributed by atoms with Gasteiger partial charge in [0.15, 0.2) is 6.61 Å². The fraction of sp³-hybridized carbons (Fsp3) is 0.130. The van der Waals surface area contributed by atoms with Crippen LogP contribution in [0.1, 0.15) is 11.3 Å². The van der Waals surface area contributed by atoms with Crippen molar-refractivity contribution in [2.75, 3.05) is 11.9 Å². The molecule has 0 fully saturated rings. The Morgan fingerprint density at radius 2 is 1.78 bits per heavy atom. The van der Waals surface area contributed by atoms with Crippen molar-refractivity contribution in [3.05, 3.63) is 90.4 Å². The minimum absolute atomic E-state index is 0.165. The zero-order valence-corrected chi connectivity index (χ0v) is 16.7. The fourth-order valence-corrected chi connectivity index (χ4v) is 2.96. The number of carbonyl (C=O) groups is 1. The van der Waals surface area contributed by atoms with Gasteiger partial charge in [-0.15, -0.1) is 0 Å². The smallest absolute Gasteiger partial charge is 0.416 e. The molecule has 0 saturated carbocycles. The van der Waals surface area contributed by atoms with E-state index in [2.05, 4.69) is 10.3 Å². The van der Waals surface area contributed by atoms with Crippen molar-refractivity contribution in [3.8, 4) is 11.5 Å². The number of hydrogen-bond acceptors (Lipinski definition) is 4. The minimum Gasteiger partial charge on any atom is -0.487 e. The van der Waals surface area contributed by atoms with Gasteiger partial charge in [-0.1, -0.05) is 12.1 Å². The van der Waals surface area contributed by atoms with Gasteiger partial charge in [0, 0.05) is 24.1 Å². The van der Waals surface area contributed by atoms with Gasteiger partial charge in [0.05, 0.1) is 11.3 Å². The van der Waals surface area contributed by atoms with E-state index in [4.69, 9.17) is 9.47 Å². The molecule has 4 rings (SSSR count). The largest absolute Gasteiger partial charge is 0.487 e. The van der Waals surface area contributed by atoms with Crippen LogP contribution in [-0.4, -0.2) is 21.9 Å². The Hall–Kier alpha value is -4.01. The van der Waals surface area contributed by atoms with Crippen molar-refractivity contribution < 1.29 is 27.4 Å². The Balaban J connectivity index is 1.29. The fourth-order valence-electron chi connectivity index (χ4n) is 2.96. The number of rotatable bonds is 7. The second-order valence-electron chi connectivity index (χ2n) is 6.87. The minimum atomic E-state index is -4.42. The Morgan fingerprint density at radius 3 is 2.53 bits per heavy atom. The van der Waals surface area contributed by atoms with E-state index in [1.54, 1.807) is 24.3 Å². The number of pyridine rings is 1. The third-order valence-corrected chi connectivity index (χ3v) is 4.47. The molecule has 0 unspecified atom stereocenters. The van der Waals surface area contributed by atoms with E-state index < -0.39 is 17.6 Å². The quantitative estimate of drug-likeness (QED) is 0.441. The van der Waals surface area contributed by atoms with Gasteiger partial charge in [-0.05, 0) is 48.5 Å². The molecule has 6 nitrogen and oxygen atoms in total. The van der Waals surface area contributed by atoms with Crippen LogP contribution in [-0.2, 0) is 17.6 Å². The van der Waals surface area contributed by atoms with Gasteiger partial charge in [-0.25, -0.2) is 4.98 Å². The summed E-state index contributed by atoms with van der Waals surface area (Å²) in [6.45, 7) is -0.0895. The first-order valence-corrected chi connectivity index (χ1v) is 9.62. The van der Waals surface area contributed by atoms with Crippen LogP contribution in [0.4, 0.5) is 18.9 Å². The molecule has 1 amide bonds. The van der Waals surface area contributed by atoms with Gasteiger partial charge in [0.25, 0.3) is 5.91 Å². The number of fused-ring (bicyclic) bond motifs is 1. The van der Waals surface area contributed by atoms with E-state index in [-0.39, 0.29) is 19.0 Å². The van der Waals surface area contributed by atoms with E-state index in [0.717, 1.165) is 23.5 Å². The normalized spacial score (nSPS) is 11.3. The van der Waals surface area contributed by atoms with Crippen molar-refractivity contribution >= 4 is 17.2 Å². The maximum Gasteiger partial charge on any atom is 0.416 e. The molecule has 2 aromatic carbocycles. The van der Waals surface area contributed by atoms with Crippen LogP contribution in [0.3, 0.4) is 0 Å². The first-order valence-electron chi connectivity index (χ1n) is 9.62. The second kappa shape index (κ2) is 9.01. The lowest BCUT2D eigenvalue weighted by Gasteiger charge is -2.10. The molecular formula is C23H18F3N3O3. The van der Waals surface area contributed by atoms with Crippen LogP contribution in [0.25, 0.3) is 5.65 Å². The lowest BCUT2D eigenvalue weighted by atomic mass is 10.2. The first kappa shape index (κ1) is 21.2. The van der Waals surface area contributed by atoms with Crippen LogP contribution in [0.15, 0.2) is 79.1 Å². The SMILES string of the molecule is O=C(COc1ccc(C(F)(F)F)cc1)Nc1cccc(OCc2cn3ccccc3n2)c1. The van der Waals surface area contributed by atoms with Crippen LogP contribution in [0.5, 0.6) is 11.5 Å². The maximum atomic E-state index is 12.6. The number of carbonyl (C=O) groups excluding carboxylic acids is 1. The Labute approximate surface area is 181 Å². The monoisotopic (exact) mass is 441 g/mol. The molecule has 0 atom stereocenters. The van der Waals surface area contributed by atoms with Gasteiger partial charge in [0.2, 0.25) is 0 Å². The van der Waals surface area contributed by atoms with Crippen molar-refractivity contribution in [2.24, 2.45) is 0 Å². The zero-order valence-electron chi connectivity index (χ0n) is 16.7. The molecule has 164 valence electrons. The Bertz CT molecular complexity index is 1190. The number of imidazole rings is 1. The molecule has 2 aromatic heterocycles. The number of alkyl halides is 3. The zero-order chi connectivity index (χ0) is 22.6. The summed E-state index contributed by atoms with van der Waals surface area (Å²) in [5.74, 6) is 0.253. The molecule has 0 aliphatic heterocycles. The molecule has 9 heteroatoms. The van der Waals surface area contributed by atoms with E-state index in [9.17, 15) is 18.0 Å². The van der Waals surface area contributed by atoms with Crippen molar-refractivity contribution in [1.82, 2.24) is 9.38 Å². The van der Waals surface area contributed by atoms with E-state index in [1.165, 1.54) is 12.1 Å². The van der Waals surface area contributed by atoms with Crippen molar-refractivity contribution in [1.29, 1.82) is 0 Å². The number of benzene rings is 2. The lowest BCUT2D eigenvalue weighted by molar-refractivity contribution is -0.137. The third kappa shape index (κ3) is 5.37. The number of hydrogen-bond donors (Lipinski definition) is 1. The number of ether oxygens (including phenoxy) is 2. The lowest BCUT2D eigenvalue weighted by Crippen LogP contribution is -2.20. The highest BCUT2D eigenvalue weighted by atomic mass is 19.4. The number of amides is 1. The summed E-state index contributed by atoms with van der Waals surface area (Å²) < 4.78 is 50.7. The molecule has 2 heterocycles. The summed E-state index contributed by atoms with van der Waals surface area (Å²) >= 11 is 0. The van der Waals surface area contributed by atoms with Crippen LogP contribution >= 0.6 is 0 Å². The standard InChI is InChI=1S/C23H18F3N3O3/c24-23(25,26)16-7-9-19(10-8-16)32-15-22(30)28-17-4-3-5-20(12-17)31-14-18-13-29-11-2-1-6-21(29)27-18/h1-13H,14-15H2,(H,28,30). The van der Waals surface area contributed by atoms with E-state index in [0.29, 0.717) is 11.4 Å². The molecule has 0 saturated heterocycles. The Kier molecular flexibility index (Phi) is 5.98. The topological polar surface area (TPSA) is 64.9 Å². The highest BCUT2D eigenvalue weighted by molar-refractivity contribution is 5.92. The average Bonchev–Trinajstić information content (AvgIpc) is 3.19. The van der Waals surface area contributed by atoms with Gasteiger partial charge in [0.1, 0.15) is 23.8 Å². The number of nitrogens with zero attached hydrogens (tertiary/aromatic N) is 2. The van der Waals surface area contributed by atoms with Crippen LogP contribution in [0, 0.1) is 0 Å². The molecule has 4 aromatic rings. The van der Waals surface area contributed by atoms with Gasteiger partial charge in [-0.3, -0.25) is 4.79 Å². The summed E-state index contributed by atoms with van der Waals surface area (Å²) in [6, 6.07) is 16.7. The third-order valence-electron chi connectivity index (χ3n) is 4.47. The van der Waals surface area contributed by atoms with Crippen LogP contribution < -0.4 is 14.8 Å². The van der Waals surface area contributed by atoms with Gasteiger partial charge >= 0.3 is 6.18 Å². The highest BCUT2D eigenvalue weighted by Crippen LogP contribution is 2.30. The number of anilines is 1. The predicted molar refractivity (Wildman–Crippen MR) is 112 cm³/mol. The molecular weight excluding hydrogens is 423 g/mol. The summed E-state index contributed by atoms with van der Waals surface area (Å²) in [4.78, 5) is 16.6. The summed E-state index contributed by atoms with van der Waals surface area (Å²) in [5.41, 5.74) is 1.30. The van der Waals surface area contributed by atoms with Crippen molar-refractivity contribution in [2.45, 2.75) is 12.8 Å².